The average Bonchev–Trinajstić information content (AvgIpc) is 2.75. The third-order valence-corrected chi connectivity index (χ3v) is 4.75. The molecule has 6 nitrogen and oxygen atoms in total. The van der Waals surface area contributed by atoms with Crippen molar-refractivity contribution in [3.05, 3.63) is 60.6 Å². The first-order valence-corrected chi connectivity index (χ1v) is 10.1. The molecule has 0 saturated heterocycles. The van der Waals surface area contributed by atoms with Crippen molar-refractivity contribution < 1.29 is 14.2 Å². The highest BCUT2D eigenvalue weighted by Gasteiger charge is 2.14. The van der Waals surface area contributed by atoms with Gasteiger partial charge in [-0.2, -0.15) is 0 Å². The summed E-state index contributed by atoms with van der Waals surface area (Å²) in [5, 5.41) is 0.998. The van der Waals surface area contributed by atoms with Gasteiger partial charge in [0.25, 0.3) is 0 Å². The Bertz CT molecular complexity index is 1020. The number of allylic oxidation sites excluding steroid dienone is 1. The summed E-state index contributed by atoms with van der Waals surface area (Å²) in [7, 11) is 3.63. The molecule has 0 amide bonds. The number of para-hydroxylation sites is 1. The Labute approximate surface area is 178 Å². The lowest BCUT2D eigenvalue weighted by atomic mass is 10.2. The van der Waals surface area contributed by atoms with Crippen molar-refractivity contribution in [3.63, 3.8) is 0 Å². The summed E-state index contributed by atoms with van der Waals surface area (Å²) in [6.07, 6.45) is 1.58. The minimum atomic E-state index is 0.547. The highest BCUT2D eigenvalue weighted by atomic mass is 16.5. The van der Waals surface area contributed by atoms with Crippen LogP contribution in [0.4, 0.5) is 11.5 Å². The van der Waals surface area contributed by atoms with E-state index in [9.17, 15) is 0 Å². The van der Waals surface area contributed by atoms with Crippen LogP contribution in [0.2, 0.25) is 0 Å². The number of hydrogen-bond donors (Lipinski definition) is 0. The van der Waals surface area contributed by atoms with E-state index >= 15 is 0 Å². The molecule has 0 aliphatic carbocycles. The fourth-order valence-electron chi connectivity index (χ4n) is 3.27. The molecule has 0 aliphatic heterocycles. The predicted octanol–water partition coefficient (Wildman–Crippen LogP) is 5.42. The number of aromatic nitrogens is 2. The smallest absolute Gasteiger partial charge is 0.163 e. The van der Waals surface area contributed by atoms with Gasteiger partial charge in [-0.05, 0) is 44.5 Å². The van der Waals surface area contributed by atoms with Crippen LogP contribution in [0.5, 0.6) is 11.5 Å². The summed E-state index contributed by atoms with van der Waals surface area (Å²) in [6, 6.07) is 13.9. The van der Waals surface area contributed by atoms with Crippen LogP contribution in [0.1, 0.15) is 25.6 Å². The second-order valence-corrected chi connectivity index (χ2v) is 6.93. The lowest BCUT2D eigenvalue weighted by Gasteiger charge is -2.22. The van der Waals surface area contributed by atoms with Crippen LogP contribution in [0.3, 0.4) is 0 Å². The van der Waals surface area contributed by atoms with E-state index in [4.69, 9.17) is 14.2 Å². The summed E-state index contributed by atoms with van der Waals surface area (Å²) in [5.74, 6) is 3.75. The molecule has 1 aromatic heterocycles. The van der Waals surface area contributed by atoms with Gasteiger partial charge in [-0.15, -0.1) is 0 Å². The fraction of sp³-hybridized carbons (Fsp3) is 0.333. The highest BCUT2D eigenvalue weighted by Crippen LogP contribution is 2.35. The Morgan fingerprint density at radius 3 is 2.67 bits per heavy atom. The summed E-state index contributed by atoms with van der Waals surface area (Å²) < 4.78 is 16.9. The van der Waals surface area contributed by atoms with E-state index in [1.165, 1.54) is 0 Å². The van der Waals surface area contributed by atoms with Gasteiger partial charge < -0.3 is 19.1 Å². The monoisotopic (exact) mass is 407 g/mol. The number of hydrogen-bond acceptors (Lipinski definition) is 6. The molecule has 30 heavy (non-hydrogen) atoms. The van der Waals surface area contributed by atoms with Gasteiger partial charge >= 0.3 is 0 Å². The quantitative estimate of drug-likeness (QED) is 0.330. The molecule has 0 fully saturated rings. The van der Waals surface area contributed by atoms with Gasteiger partial charge in [0.05, 0.1) is 31.6 Å². The van der Waals surface area contributed by atoms with Crippen molar-refractivity contribution in [3.8, 4) is 11.5 Å². The van der Waals surface area contributed by atoms with Crippen LogP contribution >= 0.6 is 0 Å². The fourth-order valence-corrected chi connectivity index (χ4v) is 3.27. The number of benzene rings is 2. The van der Waals surface area contributed by atoms with Crippen molar-refractivity contribution in [1.29, 1.82) is 0 Å². The number of anilines is 2. The Balaban J connectivity index is 1.81. The summed E-state index contributed by atoms with van der Waals surface area (Å²) in [4.78, 5) is 11.3. The maximum Gasteiger partial charge on any atom is 0.163 e. The van der Waals surface area contributed by atoms with Gasteiger partial charge in [0, 0.05) is 30.6 Å². The minimum Gasteiger partial charge on any atom is -0.499 e. The third kappa shape index (κ3) is 5.00. The van der Waals surface area contributed by atoms with Gasteiger partial charge in [0.15, 0.2) is 11.5 Å². The van der Waals surface area contributed by atoms with Crippen LogP contribution in [-0.4, -0.2) is 37.3 Å². The molecular weight excluding hydrogens is 378 g/mol. The molecular formula is C24H29N3O3. The van der Waals surface area contributed by atoms with Gasteiger partial charge in [-0.3, -0.25) is 0 Å². The number of fused-ring (bicyclic) bond motifs is 1. The van der Waals surface area contributed by atoms with Crippen molar-refractivity contribution in [1.82, 2.24) is 9.97 Å². The van der Waals surface area contributed by atoms with Crippen LogP contribution in [0.15, 0.2) is 54.8 Å². The van der Waals surface area contributed by atoms with E-state index in [-0.39, 0.29) is 0 Å². The lowest BCUT2D eigenvalue weighted by molar-refractivity contribution is 0.210. The summed E-state index contributed by atoms with van der Waals surface area (Å²) in [6.45, 7) is 8.95. The van der Waals surface area contributed by atoms with Crippen molar-refractivity contribution in [2.75, 3.05) is 32.3 Å². The largest absolute Gasteiger partial charge is 0.499 e. The molecule has 3 aromatic rings. The molecule has 6 heteroatoms. The second kappa shape index (κ2) is 9.96. The molecule has 3 rings (SSSR count). The molecule has 0 radical (unpaired) electrons. The van der Waals surface area contributed by atoms with Gasteiger partial charge in [-0.25, -0.2) is 9.97 Å². The zero-order valence-electron chi connectivity index (χ0n) is 18.1. The molecule has 0 saturated carbocycles. The van der Waals surface area contributed by atoms with E-state index < -0.39 is 0 Å². The maximum atomic E-state index is 6.01. The van der Waals surface area contributed by atoms with E-state index in [2.05, 4.69) is 16.5 Å². The Hall–Kier alpha value is -3.28. The van der Waals surface area contributed by atoms with Gasteiger partial charge in [0.1, 0.15) is 11.6 Å². The zero-order valence-corrected chi connectivity index (χ0v) is 18.1. The average molecular weight is 408 g/mol. The molecule has 0 unspecified atom stereocenters. The first-order valence-electron chi connectivity index (χ1n) is 10.1. The molecule has 1 heterocycles. The summed E-state index contributed by atoms with van der Waals surface area (Å²) >= 11 is 0. The number of nitrogens with zero attached hydrogens (tertiary/aromatic N) is 3. The van der Waals surface area contributed by atoms with Crippen LogP contribution < -0.4 is 14.4 Å². The molecule has 0 spiro atoms. The van der Waals surface area contributed by atoms with Crippen molar-refractivity contribution >= 4 is 22.4 Å². The van der Waals surface area contributed by atoms with Crippen LogP contribution in [0.25, 0.3) is 10.9 Å². The number of rotatable bonds is 10. The van der Waals surface area contributed by atoms with Crippen molar-refractivity contribution in [2.45, 2.75) is 26.7 Å². The number of aryl methyl sites for hydroxylation is 1. The molecule has 0 atom stereocenters. The minimum absolute atomic E-state index is 0.547. The SMILES string of the molecule is C=C(CCCOc1cc(N(C)c2nc(C)nc3ccccc23)ccc1OC)OCC. The summed E-state index contributed by atoms with van der Waals surface area (Å²) in [5.41, 5.74) is 1.87. The highest BCUT2D eigenvalue weighted by molar-refractivity contribution is 5.91. The Morgan fingerprint density at radius 1 is 1.10 bits per heavy atom. The standard InChI is InChI=1S/C24H29N3O3/c1-6-29-17(2)10-9-15-30-23-16-19(13-14-22(23)28-5)27(4)24-20-11-7-8-12-21(20)25-18(3)26-24/h7-8,11-14,16H,2,6,9-10,15H2,1,3-5H3. The van der Waals surface area contributed by atoms with Crippen molar-refractivity contribution in [2.24, 2.45) is 0 Å². The molecule has 0 aliphatic rings. The van der Waals surface area contributed by atoms with E-state index in [0.717, 1.165) is 46.8 Å². The Kier molecular flexibility index (Phi) is 7.12. The molecule has 2 aromatic carbocycles. The normalized spacial score (nSPS) is 10.7. The van der Waals surface area contributed by atoms with E-state index in [1.807, 2.05) is 68.3 Å². The topological polar surface area (TPSA) is 56.7 Å². The van der Waals surface area contributed by atoms with E-state index in [0.29, 0.717) is 24.7 Å². The number of ether oxygens (including phenoxy) is 3. The zero-order chi connectivity index (χ0) is 21.5. The van der Waals surface area contributed by atoms with Gasteiger partial charge in [-0.1, -0.05) is 18.7 Å². The van der Waals surface area contributed by atoms with Crippen LogP contribution in [-0.2, 0) is 4.74 Å². The third-order valence-electron chi connectivity index (χ3n) is 4.75. The first-order chi connectivity index (χ1) is 14.5. The second-order valence-electron chi connectivity index (χ2n) is 6.93. The first kappa shape index (κ1) is 21.4. The molecule has 0 bridgehead atoms. The predicted molar refractivity (Wildman–Crippen MR) is 121 cm³/mol. The molecule has 0 N–H and O–H groups in total. The van der Waals surface area contributed by atoms with E-state index in [1.54, 1.807) is 7.11 Å². The van der Waals surface area contributed by atoms with Crippen LogP contribution in [0, 0.1) is 6.92 Å². The molecule has 158 valence electrons. The van der Waals surface area contributed by atoms with Gasteiger partial charge in [0.2, 0.25) is 0 Å². The lowest BCUT2D eigenvalue weighted by Crippen LogP contribution is -2.13. The maximum absolute atomic E-state index is 6.01. The number of methoxy groups -OCH3 is 1. The Morgan fingerprint density at radius 2 is 1.90 bits per heavy atom.